The molecule has 0 spiro atoms. The summed E-state index contributed by atoms with van der Waals surface area (Å²) < 4.78 is 5.33. The zero-order chi connectivity index (χ0) is 8.39. The molecule has 0 bridgehead atoms. The summed E-state index contributed by atoms with van der Waals surface area (Å²) in [5.74, 6) is 1.04. The molecule has 0 aromatic carbocycles. The molecular weight excluding hydrogens is 150 g/mol. The van der Waals surface area contributed by atoms with Gasteiger partial charge in [-0.25, -0.2) is 0 Å². The number of quaternary nitrogens is 1. The van der Waals surface area contributed by atoms with E-state index < -0.39 is 0 Å². The van der Waals surface area contributed by atoms with Gasteiger partial charge in [-0.05, 0) is 18.2 Å². The van der Waals surface area contributed by atoms with Crippen LogP contribution in [0, 0.1) is 0 Å². The molecule has 12 heavy (non-hydrogen) atoms. The molecule has 2 nitrogen and oxygen atoms in total. The van der Waals surface area contributed by atoms with Crippen molar-refractivity contribution >= 4 is 5.57 Å². The van der Waals surface area contributed by atoms with E-state index in [9.17, 15) is 0 Å². The number of hydrogen-bond donors (Lipinski definition) is 1. The highest BCUT2D eigenvalue weighted by Crippen LogP contribution is 2.18. The Kier molecular flexibility index (Phi) is 2.00. The van der Waals surface area contributed by atoms with Crippen molar-refractivity contribution in [3.05, 3.63) is 30.2 Å². The molecule has 1 unspecified atom stereocenters. The van der Waals surface area contributed by atoms with Crippen molar-refractivity contribution in [3.8, 4) is 0 Å². The number of nitrogens with one attached hydrogen (secondary N) is 1. The van der Waals surface area contributed by atoms with Gasteiger partial charge in [0.15, 0.2) is 0 Å². The van der Waals surface area contributed by atoms with E-state index in [1.54, 1.807) is 11.2 Å². The molecule has 2 heterocycles. The highest BCUT2D eigenvalue weighted by molar-refractivity contribution is 5.61. The molecule has 0 fully saturated rings. The summed E-state index contributed by atoms with van der Waals surface area (Å²) in [6.45, 7) is 2.34. The summed E-state index contributed by atoms with van der Waals surface area (Å²) >= 11 is 0. The van der Waals surface area contributed by atoms with Crippen LogP contribution in [0.4, 0.5) is 0 Å². The van der Waals surface area contributed by atoms with Crippen LogP contribution in [0.15, 0.2) is 28.9 Å². The summed E-state index contributed by atoms with van der Waals surface area (Å²) in [6, 6.07) is 3.98. The number of likely N-dealkylation sites (N-methyl/N-ethyl adjacent to an activating group) is 1. The van der Waals surface area contributed by atoms with Crippen LogP contribution in [0.3, 0.4) is 0 Å². The first-order valence-electron chi connectivity index (χ1n) is 4.40. The highest BCUT2D eigenvalue weighted by atomic mass is 16.3. The third kappa shape index (κ3) is 1.43. The molecule has 64 valence electrons. The first-order chi connectivity index (χ1) is 5.86. The zero-order valence-corrected chi connectivity index (χ0v) is 7.34. The molecule has 0 aliphatic carbocycles. The van der Waals surface area contributed by atoms with Gasteiger partial charge >= 0.3 is 0 Å². The minimum atomic E-state index is 1.04. The van der Waals surface area contributed by atoms with E-state index in [2.05, 4.69) is 13.1 Å². The Balaban J connectivity index is 2.16. The van der Waals surface area contributed by atoms with Crippen LogP contribution in [0.1, 0.15) is 12.2 Å². The van der Waals surface area contributed by atoms with Gasteiger partial charge in [0.25, 0.3) is 0 Å². The molecule has 2 rings (SSSR count). The van der Waals surface area contributed by atoms with Crippen LogP contribution in [0.25, 0.3) is 5.57 Å². The van der Waals surface area contributed by atoms with Crippen LogP contribution in [0.5, 0.6) is 0 Å². The molecular formula is C10H14NO+. The molecule has 1 aliphatic rings. The fourth-order valence-electron chi connectivity index (χ4n) is 1.53. The number of rotatable bonds is 1. The van der Waals surface area contributed by atoms with Crippen LogP contribution >= 0.6 is 0 Å². The second-order valence-electron chi connectivity index (χ2n) is 3.37. The average Bonchev–Trinajstić information content (AvgIpc) is 2.58. The van der Waals surface area contributed by atoms with Gasteiger partial charge in [0.05, 0.1) is 26.4 Å². The lowest BCUT2D eigenvalue weighted by molar-refractivity contribution is -0.874. The quantitative estimate of drug-likeness (QED) is 0.642. The third-order valence-corrected chi connectivity index (χ3v) is 2.36. The standard InChI is InChI=1S/C10H13NO/c1-11-6-4-9(5-7-11)10-3-2-8-12-10/h2-4,8H,5-7H2,1H3/p+1. The van der Waals surface area contributed by atoms with Crippen molar-refractivity contribution < 1.29 is 9.32 Å². The van der Waals surface area contributed by atoms with Gasteiger partial charge in [-0.1, -0.05) is 0 Å². The van der Waals surface area contributed by atoms with E-state index in [0.29, 0.717) is 0 Å². The van der Waals surface area contributed by atoms with Gasteiger partial charge in [-0.2, -0.15) is 0 Å². The van der Waals surface area contributed by atoms with E-state index in [0.717, 1.165) is 18.7 Å². The molecule has 1 N–H and O–H groups in total. The Morgan fingerprint density at radius 2 is 2.42 bits per heavy atom. The Morgan fingerprint density at radius 1 is 1.50 bits per heavy atom. The van der Waals surface area contributed by atoms with Gasteiger partial charge in [0.1, 0.15) is 5.76 Å². The van der Waals surface area contributed by atoms with E-state index in [-0.39, 0.29) is 0 Å². The van der Waals surface area contributed by atoms with Crippen molar-refractivity contribution in [2.45, 2.75) is 6.42 Å². The lowest BCUT2D eigenvalue weighted by atomic mass is 10.1. The average molecular weight is 164 g/mol. The van der Waals surface area contributed by atoms with Crippen LogP contribution < -0.4 is 4.90 Å². The largest absolute Gasteiger partial charge is 0.465 e. The highest BCUT2D eigenvalue weighted by Gasteiger charge is 2.13. The maximum atomic E-state index is 5.33. The summed E-state index contributed by atoms with van der Waals surface area (Å²) in [4.78, 5) is 1.57. The molecule has 2 heteroatoms. The fourth-order valence-corrected chi connectivity index (χ4v) is 1.53. The first-order valence-corrected chi connectivity index (χ1v) is 4.40. The van der Waals surface area contributed by atoms with Crippen molar-refractivity contribution in [2.24, 2.45) is 0 Å². The van der Waals surface area contributed by atoms with E-state index in [1.807, 2.05) is 12.1 Å². The lowest BCUT2D eigenvalue weighted by Gasteiger charge is -2.17. The SMILES string of the molecule is C[NH+]1CC=C(c2ccco2)CC1. The minimum absolute atomic E-state index is 1.04. The summed E-state index contributed by atoms with van der Waals surface area (Å²) in [6.07, 6.45) is 5.15. The second kappa shape index (κ2) is 3.15. The van der Waals surface area contributed by atoms with E-state index >= 15 is 0 Å². The van der Waals surface area contributed by atoms with Gasteiger partial charge in [0, 0.05) is 12.0 Å². The smallest absolute Gasteiger partial charge is 0.129 e. The maximum absolute atomic E-state index is 5.33. The summed E-state index contributed by atoms with van der Waals surface area (Å²) in [7, 11) is 2.22. The molecule has 0 saturated carbocycles. The number of hydrogen-bond acceptors (Lipinski definition) is 1. The third-order valence-electron chi connectivity index (χ3n) is 2.36. The molecule has 1 aromatic heterocycles. The zero-order valence-electron chi connectivity index (χ0n) is 7.34. The molecule has 1 aromatic rings. The summed E-state index contributed by atoms with van der Waals surface area (Å²) in [5.41, 5.74) is 1.37. The van der Waals surface area contributed by atoms with Gasteiger partial charge in [-0.15, -0.1) is 0 Å². The molecule has 1 aliphatic heterocycles. The van der Waals surface area contributed by atoms with Crippen molar-refractivity contribution in [1.82, 2.24) is 0 Å². The molecule has 0 amide bonds. The Bertz CT molecular complexity index is 274. The topological polar surface area (TPSA) is 17.6 Å². The second-order valence-corrected chi connectivity index (χ2v) is 3.37. The predicted molar refractivity (Wildman–Crippen MR) is 47.9 cm³/mol. The molecule has 0 radical (unpaired) electrons. The monoisotopic (exact) mass is 164 g/mol. The normalized spacial score (nSPS) is 23.8. The van der Waals surface area contributed by atoms with E-state index in [1.165, 1.54) is 12.1 Å². The maximum Gasteiger partial charge on any atom is 0.129 e. The molecule has 0 saturated heterocycles. The van der Waals surface area contributed by atoms with E-state index in [4.69, 9.17) is 4.42 Å². The van der Waals surface area contributed by atoms with Crippen molar-refractivity contribution in [3.63, 3.8) is 0 Å². The summed E-state index contributed by atoms with van der Waals surface area (Å²) in [5, 5.41) is 0. The Labute approximate surface area is 72.5 Å². The van der Waals surface area contributed by atoms with Gasteiger partial charge in [0.2, 0.25) is 0 Å². The van der Waals surface area contributed by atoms with Crippen molar-refractivity contribution in [1.29, 1.82) is 0 Å². The Morgan fingerprint density at radius 3 is 3.00 bits per heavy atom. The Hall–Kier alpha value is -1.02. The van der Waals surface area contributed by atoms with Crippen LogP contribution in [-0.4, -0.2) is 20.1 Å². The van der Waals surface area contributed by atoms with Crippen molar-refractivity contribution in [2.75, 3.05) is 20.1 Å². The molecule has 1 atom stereocenters. The van der Waals surface area contributed by atoms with Crippen LogP contribution in [-0.2, 0) is 0 Å². The predicted octanol–water partition coefficient (Wildman–Crippen LogP) is 0.581. The first kappa shape index (κ1) is 7.62. The van der Waals surface area contributed by atoms with Crippen LogP contribution in [0.2, 0.25) is 0 Å². The lowest BCUT2D eigenvalue weighted by Crippen LogP contribution is -3.09. The van der Waals surface area contributed by atoms with Gasteiger partial charge < -0.3 is 9.32 Å². The number of furan rings is 1. The van der Waals surface area contributed by atoms with Gasteiger partial charge in [-0.3, -0.25) is 0 Å². The minimum Gasteiger partial charge on any atom is -0.465 e. The fraction of sp³-hybridized carbons (Fsp3) is 0.400.